The lowest BCUT2D eigenvalue weighted by molar-refractivity contribution is 0.0482. The molecule has 1 heterocycles. The van der Waals surface area contributed by atoms with E-state index in [1.807, 2.05) is 18.2 Å². The van der Waals surface area contributed by atoms with E-state index >= 15 is 0 Å². The van der Waals surface area contributed by atoms with Crippen LogP contribution in [0, 0.1) is 0 Å². The minimum Gasteiger partial charge on any atom is -0.496 e. The Bertz CT molecular complexity index is 469. The molecule has 0 bridgehead atoms. The monoisotopic (exact) mass is 293 g/mol. The van der Waals surface area contributed by atoms with Crippen LogP contribution in [-0.2, 0) is 14.9 Å². The van der Waals surface area contributed by atoms with Crippen LogP contribution in [0.2, 0.25) is 0 Å². The number of nitrogens with one attached hydrogen (secondary N) is 1. The number of hydrogen-bond donors (Lipinski definition) is 1. The zero-order valence-electron chi connectivity index (χ0n) is 12.7. The Morgan fingerprint density at radius 2 is 2.05 bits per heavy atom. The molecular weight excluding hydrogens is 270 g/mol. The molecule has 0 spiro atoms. The Labute approximate surface area is 125 Å². The molecule has 1 aliphatic rings. The summed E-state index contributed by atoms with van der Waals surface area (Å²) in [5.74, 6) is 0.852. The lowest BCUT2D eigenvalue weighted by Crippen LogP contribution is -2.45. The molecule has 0 aromatic heterocycles. The molecule has 0 radical (unpaired) electrons. The molecular formula is C16H23NO4. The molecule has 0 unspecified atom stereocenters. The van der Waals surface area contributed by atoms with Crippen molar-refractivity contribution in [2.75, 3.05) is 33.5 Å². The van der Waals surface area contributed by atoms with Crippen LogP contribution < -0.4 is 10.1 Å². The SMILES string of the molecule is CCOC(=O)NCC1(c2ccccc2OC)CCOCC1. The lowest BCUT2D eigenvalue weighted by atomic mass is 9.73. The van der Waals surface area contributed by atoms with Crippen molar-refractivity contribution in [2.24, 2.45) is 0 Å². The van der Waals surface area contributed by atoms with E-state index in [2.05, 4.69) is 11.4 Å². The van der Waals surface area contributed by atoms with Crippen molar-refractivity contribution < 1.29 is 19.0 Å². The third-order valence-electron chi connectivity index (χ3n) is 3.97. The quantitative estimate of drug-likeness (QED) is 0.906. The summed E-state index contributed by atoms with van der Waals surface area (Å²) in [6.45, 7) is 4.06. The number of benzene rings is 1. The van der Waals surface area contributed by atoms with Gasteiger partial charge in [0, 0.05) is 30.7 Å². The predicted molar refractivity (Wildman–Crippen MR) is 79.7 cm³/mol. The van der Waals surface area contributed by atoms with E-state index in [0.717, 1.165) is 24.2 Å². The van der Waals surface area contributed by atoms with E-state index < -0.39 is 0 Å². The van der Waals surface area contributed by atoms with Gasteiger partial charge in [-0.3, -0.25) is 0 Å². The van der Waals surface area contributed by atoms with Crippen LogP contribution in [0.1, 0.15) is 25.3 Å². The first-order valence-corrected chi connectivity index (χ1v) is 7.34. The minimum absolute atomic E-state index is 0.169. The van der Waals surface area contributed by atoms with Crippen molar-refractivity contribution in [3.05, 3.63) is 29.8 Å². The van der Waals surface area contributed by atoms with E-state index in [1.54, 1.807) is 14.0 Å². The van der Waals surface area contributed by atoms with E-state index in [4.69, 9.17) is 14.2 Å². The number of rotatable bonds is 5. The first-order valence-electron chi connectivity index (χ1n) is 7.34. The van der Waals surface area contributed by atoms with E-state index in [0.29, 0.717) is 26.4 Å². The van der Waals surface area contributed by atoms with Gasteiger partial charge in [-0.1, -0.05) is 18.2 Å². The normalized spacial score (nSPS) is 17.0. The van der Waals surface area contributed by atoms with Gasteiger partial charge in [-0.15, -0.1) is 0 Å². The Morgan fingerprint density at radius 3 is 2.71 bits per heavy atom. The lowest BCUT2D eigenvalue weighted by Gasteiger charge is -2.38. The maximum Gasteiger partial charge on any atom is 0.407 e. The molecule has 21 heavy (non-hydrogen) atoms. The van der Waals surface area contributed by atoms with Gasteiger partial charge in [-0.25, -0.2) is 4.79 Å². The predicted octanol–water partition coefficient (Wildman–Crippen LogP) is 2.49. The molecule has 1 fully saturated rings. The molecule has 5 nitrogen and oxygen atoms in total. The summed E-state index contributed by atoms with van der Waals surface area (Å²) < 4.78 is 15.9. The van der Waals surface area contributed by atoms with Crippen molar-refractivity contribution in [3.63, 3.8) is 0 Å². The first-order chi connectivity index (χ1) is 10.2. The summed E-state index contributed by atoms with van der Waals surface area (Å²) >= 11 is 0. The fourth-order valence-electron chi connectivity index (χ4n) is 2.81. The van der Waals surface area contributed by atoms with Crippen LogP contribution in [0.5, 0.6) is 5.75 Å². The van der Waals surface area contributed by atoms with Gasteiger partial charge in [0.25, 0.3) is 0 Å². The van der Waals surface area contributed by atoms with Gasteiger partial charge in [-0.05, 0) is 25.8 Å². The highest BCUT2D eigenvalue weighted by atomic mass is 16.5. The smallest absolute Gasteiger partial charge is 0.407 e. The van der Waals surface area contributed by atoms with Gasteiger partial charge >= 0.3 is 6.09 Å². The third-order valence-corrected chi connectivity index (χ3v) is 3.97. The molecule has 116 valence electrons. The highest BCUT2D eigenvalue weighted by molar-refractivity contribution is 5.67. The van der Waals surface area contributed by atoms with Crippen LogP contribution in [-0.4, -0.2) is 39.6 Å². The van der Waals surface area contributed by atoms with E-state index in [9.17, 15) is 4.79 Å². The summed E-state index contributed by atoms with van der Waals surface area (Å²) in [6.07, 6.45) is 1.32. The fourth-order valence-corrected chi connectivity index (χ4v) is 2.81. The highest BCUT2D eigenvalue weighted by Crippen LogP contribution is 2.39. The molecule has 2 rings (SSSR count). The molecule has 1 aliphatic heterocycles. The number of carbonyl (C=O) groups is 1. The molecule has 5 heteroatoms. The Hall–Kier alpha value is -1.75. The van der Waals surface area contributed by atoms with Crippen LogP contribution in [0.15, 0.2) is 24.3 Å². The van der Waals surface area contributed by atoms with Gasteiger partial charge in [0.05, 0.1) is 13.7 Å². The third kappa shape index (κ3) is 3.67. The summed E-state index contributed by atoms with van der Waals surface area (Å²) in [5.41, 5.74) is 0.949. The van der Waals surface area contributed by atoms with Crippen molar-refractivity contribution in [2.45, 2.75) is 25.2 Å². The number of methoxy groups -OCH3 is 1. The zero-order valence-corrected chi connectivity index (χ0v) is 12.7. The molecule has 0 atom stereocenters. The van der Waals surface area contributed by atoms with Crippen molar-refractivity contribution >= 4 is 6.09 Å². The minimum atomic E-state index is -0.377. The van der Waals surface area contributed by atoms with Gasteiger partial charge in [-0.2, -0.15) is 0 Å². The number of hydrogen-bond acceptors (Lipinski definition) is 4. The second kappa shape index (κ2) is 7.31. The summed E-state index contributed by atoms with van der Waals surface area (Å²) in [4.78, 5) is 11.6. The Kier molecular flexibility index (Phi) is 5.44. The summed E-state index contributed by atoms with van der Waals surface area (Å²) in [7, 11) is 1.67. The zero-order chi connectivity index (χ0) is 15.1. The number of para-hydroxylation sites is 1. The van der Waals surface area contributed by atoms with Gasteiger partial charge in [0.2, 0.25) is 0 Å². The summed E-state index contributed by atoms with van der Waals surface area (Å²) in [5, 5.41) is 2.87. The number of carbonyl (C=O) groups excluding carboxylic acids is 1. The maximum atomic E-state index is 11.6. The Morgan fingerprint density at radius 1 is 1.33 bits per heavy atom. The van der Waals surface area contributed by atoms with Crippen LogP contribution in [0.4, 0.5) is 4.79 Å². The van der Waals surface area contributed by atoms with Crippen LogP contribution in [0.25, 0.3) is 0 Å². The molecule has 0 aliphatic carbocycles. The number of ether oxygens (including phenoxy) is 3. The number of alkyl carbamates (subject to hydrolysis) is 1. The fraction of sp³-hybridized carbons (Fsp3) is 0.562. The van der Waals surface area contributed by atoms with Gasteiger partial charge in [0.15, 0.2) is 0 Å². The second-order valence-electron chi connectivity index (χ2n) is 5.17. The average Bonchev–Trinajstić information content (AvgIpc) is 2.54. The second-order valence-corrected chi connectivity index (χ2v) is 5.17. The molecule has 0 saturated carbocycles. The molecule has 1 aromatic carbocycles. The Balaban J connectivity index is 2.22. The first kappa shape index (κ1) is 15.6. The van der Waals surface area contributed by atoms with Crippen molar-refractivity contribution in [1.29, 1.82) is 0 Å². The maximum absolute atomic E-state index is 11.6. The van der Waals surface area contributed by atoms with Crippen LogP contribution >= 0.6 is 0 Å². The summed E-state index contributed by atoms with van der Waals surface area (Å²) in [6, 6.07) is 7.97. The number of amides is 1. The van der Waals surface area contributed by atoms with E-state index in [1.165, 1.54) is 0 Å². The molecule has 1 saturated heterocycles. The van der Waals surface area contributed by atoms with Crippen molar-refractivity contribution in [1.82, 2.24) is 5.32 Å². The topological polar surface area (TPSA) is 56.8 Å². The molecule has 1 amide bonds. The molecule has 1 aromatic rings. The van der Waals surface area contributed by atoms with Gasteiger partial charge < -0.3 is 19.5 Å². The van der Waals surface area contributed by atoms with Gasteiger partial charge in [0.1, 0.15) is 5.75 Å². The average molecular weight is 293 g/mol. The van der Waals surface area contributed by atoms with E-state index in [-0.39, 0.29) is 11.5 Å². The van der Waals surface area contributed by atoms with Crippen LogP contribution in [0.3, 0.4) is 0 Å². The highest BCUT2D eigenvalue weighted by Gasteiger charge is 2.37. The standard InChI is InChI=1S/C16H23NO4/c1-3-21-15(18)17-12-16(8-10-20-11-9-16)13-6-4-5-7-14(13)19-2/h4-7H,3,8-12H2,1-2H3,(H,17,18). The molecule has 1 N–H and O–H groups in total. The van der Waals surface area contributed by atoms with Crippen molar-refractivity contribution in [3.8, 4) is 5.75 Å². The largest absolute Gasteiger partial charge is 0.496 e.